The summed E-state index contributed by atoms with van der Waals surface area (Å²) in [6.07, 6.45) is 5.65. The van der Waals surface area contributed by atoms with Crippen LogP contribution in [-0.2, 0) is 16.4 Å². The Morgan fingerprint density at radius 1 is 1.03 bits per heavy atom. The van der Waals surface area contributed by atoms with Crippen molar-refractivity contribution >= 4 is 38.4 Å². The summed E-state index contributed by atoms with van der Waals surface area (Å²) in [7, 11) is -3.68. The Labute approximate surface area is 227 Å². The molecule has 1 aliphatic heterocycles. The number of amides is 1. The topological polar surface area (TPSA) is 92.3 Å². The van der Waals surface area contributed by atoms with E-state index in [9.17, 15) is 13.2 Å². The number of carbonyl (C=O) groups is 1. The zero-order chi connectivity index (χ0) is 26.7. The van der Waals surface area contributed by atoms with E-state index in [0.29, 0.717) is 59.2 Å². The number of aromatic nitrogens is 2. The number of benzene rings is 2. The van der Waals surface area contributed by atoms with E-state index in [-0.39, 0.29) is 10.8 Å². The molecule has 9 heteroatoms. The van der Waals surface area contributed by atoms with Gasteiger partial charge in [0, 0.05) is 48.0 Å². The van der Waals surface area contributed by atoms with Crippen LogP contribution >= 0.6 is 11.6 Å². The predicted molar refractivity (Wildman–Crippen MR) is 150 cm³/mol. The molecule has 0 radical (unpaired) electrons. The molecule has 38 heavy (non-hydrogen) atoms. The van der Waals surface area contributed by atoms with Gasteiger partial charge >= 0.3 is 0 Å². The number of nitrogens with one attached hydrogen (secondary N) is 1. The van der Waals surface area contributed by atoms with Crippen molar-refractivity contribution in [3.63, 3.8) is 0 Å². The van der Waals surface area contributed by atoms with Gasteiger partial charge in [-0.05, 0) is 79.3 Å². The molecule has 5 rings (SSSR count). The molecule has 1 fully saturated rings. The molecule has 2 aromatic carbocycles. The lowest BCUT2D eigenvalue weighted by atomic mass is 10.0. The minimum absolute atomic E-state index is 0.174. The monoisotopic (exact) mass is 548 g/mol. The molecule has 4 aromatic rings. The molecule has 3 heterocycles. The van der Waals surface area contributed by atoms with Gasteiger partial charge in [-0.3, -0.25) is 9.78 Å². The van der Waals surface area contributed by atoms with Gasteiger partial charge in [-0.2, -0.15) is 4.31 Å². The lowest BCUT2D eigenvalue weighted by molar-refractivity contribution is 0.0955. The minimum Gasteiger partial charge on any atom is -0.352 e. The van der Waals surface area contributed by atoms with Gasteiger partial charge in [0.15, 0.2) is 0 Å². The summed E-state index contributed by atoms with van der Waals surface area (Å²) in [6.45, 7) is 3.56. The number of fused-ring (bicyclic) bond motifs is 1. The van der Waals surface area contributed by atoms with Crippen LogP contribution in [0, 0.1) is 5.92 Å². The first kappa shape index (κ1) is 26.3. The van der Waals surface area contributed by atoms with Gasteiger partial charge in [-0.15, -0.1) is 0 Å². The van der Waals surface area contributed by atoms with Crippen molar-refractivity contribution < 1.29 is 13.2 Å². The molecule has 0 bridgehead atoms. The van der Waals surface area contributed by atoms with Crippen LogP contribution in [0.3, 0.4) is 0 Å². The summed E-state index contributed by atoms with van der Waals surface area (Å²) in [4.78, 5) is 22.4. The number of rotatable bonds is 7. The molecule has 1 N–H and O–H groups in total. The third-order valence-electron chi connectivity index (χ3n) is 6.99. The van der Waals surface area contributed by atoms with E-state index >= 15 is 0 Å². The number of sulfonamides is 1. The fourth-order valence-corrected chi connectivity index (χ4v) is 6.29. The van der Waals surface area contributed by atoms with Crippen LogP contribution < -0.4 is 5.32 Å². The van der Waals surface area contributed by atoms with E-state index in [0.717, 1.165) is 24.0 Å². The molecular weight excluding hydrogens is 520 g/mol. The maximum atomic E-state index is 13.5. The second-order valence-corrected chi connectivity index (χ2v) is 12.1. The van der Waals surface area contributed by atoms with Gasteiger partial charge in [-0.1, -0.05) is 30.7 Å². The van der Waals surface area contributed by atoms with Gasteiger partial charge < -0.3 is 5.32 Å². The second kappa shape index (κ2) is 11.2. The van der Waals surface area contributed by atoms with E-state index in [4.69, 9.17) is 16.6 Å². The van der Waals surface area contributed by atoms with Crippen molar-refractivity contribution in [3.05, 3.63) is 89.2 Å². The van der Waals surface area contributed by atoms with Crippen molar-refractivity contribution in [2.45, 2.75) is 31.1 Å². The van der Waals surface area contributed by atoms with Crippen LogP contribution in [-0.4, -0.2) is 48.2 Å². The lowest BCUT2D eigenvalue weighted by Gasteiger charge is -2.29. The van der Waals surface area contributed by atoms with Gasteiger partial charge in [0.05, 0.1) is 21.7 Å². The predicted octanol–water partition coefficient (Wildman–Crippen LogP) is 5.34. The molecule has 0 spiro atoms. The van der Waals surface area contributed by atoms with Crippen LogP contribution in [0.4, 0.5) is 0 Å². The number of hydrogen-bond donors (Lipinski definition) is 1. The first-order valence-electron chi connectivity index (χ1n) is 12.7. The Kier molecular flexibility index (Phi) is 7.74. The van der Waals surface area contributed by atoms with Gasteiger partial charge in [-0.25, -0.2) is 13.4 Å². The highest BCUT2D eigenvalue weighted by Gasteiger charge is 2.29. The summed E-state index contributed by atoms with van der Waals surface area (Å²) >= 11 is 5.97. The molecule has 1 amide bonds. The zero-order valence-electron chi connectivity index (χ0n) is 21.1. The molecular formula is C29H29ClN4O3S. The summed E-state index contributed by atoms with van der Waals surface area (Å²) < 4.78 is 28.4. The third kappa shape index (κ3) is 5.72. The first-order valence-corrected chi connectivity index (χ1v) is 14.5. The molecule has 1 aliphatic rings. The lowest BCUT2D eigenvalue weighted by Crippen LogP contribution is -2.37. The van der Waals surface area contributed by atoms with Crippen LogP contribution in [0.5, 0.6) is 0 Å². The fraction of sp³-hybridized carbons (Fsp3) is 0.276. The molecule has 196 valence electrons. The molecule has 0 saturated carbocycles. The van der Waals surface area contributed by atoms with Crippen LogP contribution in [0.15, 0.2) is 78.0 Å². The number of halogens is 1. The maximum absolute atomic E-state index is 13.5. The first-order chi connectivity index (χ1) is 18.3. The van der Waals surface area contributed by atoms with Crippen molar-refractivity contribution in [2.24, 2.45) is 5.92 Å². The van der Waals surface area contributed by atoms with Gasteiger partial charge in [0.2, 0.25) is 10.0 Å². The molecule has 7 nitrogen and oxygen atoms in total. The minimum atomic E-state index is -3.68. The summed E-state index contributed by atoms with van der Waals surface area (Å²) in [5.74, 6) is 0.222. The molecule has 1 saturated heterocycles. The van der Waals surface area contributed by atoms with Crippen molar-refractivity contribution in [1.82, 2.24) is 19.6 Å². The maximum Gasteiger partial charge on any atom is 0.252 e. The van der Waals surface area contributed by atoms with Crippen molar-refractivity contribution in [2.75, 3.05) is 19.6 Å². The summed E-state index contributed by atoms with van der Waals surface area (Å²) in [5.41, 5.74) is 3.41. The average molecular weight is 549 g/mol. The smallest absolute Gasteiger partial charge is 0.252 e. The number of carbonyl (C=O) groups excluding carboxylic acids is 1. The van der Waals surface area contributed by atoms with Crippen molar-refractivity contribution in [1.29, 1.82) is 0 Å². The normalized spacial score (nSPS) is 15.0. The van der Waals surface area contributed by atoms with E-state index in [1.165, 1.54) is 0 Å². The Morgan fingerprint density at radius 3 is 2.45 bits per heavy atom. The highest BCUT2D eigenvalue weighted by Crippen LogP contribution is 2.29. The van der Waals surface area contributed by atoms with Gasteiger partial charge in [0.25, 0.3) is 5.91 Å². The Balaban J connectivity index is 1.49. The number of piperidine rings is 1. The molecule has 0 atom stereocenters. The van der Waals surface area contributed by atoms with Crippen LogP contribution in [0.2, 0.25) is 5.02 Å². The number of nitrogens with zero attached hydrogens (tertiary/aromatic N) is 3. The van der Waals surface area contributed by atoms with E-state index in [2.05, 4.69) is 17.2 Å². The van der Waals surface area contributed by atoms with Crippen molar-refractivity contribution in [3.8, 4) is 11.3 Å². The Morgan fingerprint density at radius 2 is 1.74 bits per heavy atom. The standard InChI is InChI=1S/C29H29ClN4O3S/c1-20-11-16-34(17-12-20)38(36,37)24-6-7-27-25(18-24)26(19-28(33-27)22-9-13-31-14-10-22)29(35)32-15-8-21-2-4-23(30)5-3-21/h2-7,9-10,13-14,18-20H,8,11-12,15-17H2,1H3,(H,32,35). The third-order valence-corrected chi connectivity index (χ3v) is 9.14. The summed E-state index contributed by atoms with van der Waals surface area (Å²) in [6, 6.07) is 17.7. The molecule has 0 aliphatic carbocycles. The number of hydrogen-bond acceptors (Lipinski definition) is 5. The molecule has 0 unspecified atom stereocenters. The summed E-state index contributed by atoms with van der Waals surface area (Å²) in [5, 5.41) is 4.15. The Hall–Kier alpha value is -3.33. The van der Waals surface area contributed by atoms with Gasteiger partial charge in [0.1, 0.15) is 0 Å². The SMILES string of the molecule is CC1CCN(S(=O)(=O)c2ccc3nc(-c4ccncc4)cc(C(=O)NCCc4ccc(Cl)cc4)c3c2)CC1. The highest BCUT2D eigenvalue weighted by atomic mass is 35.5. The quantitative estimate of drug-likeness (QED) is 0.336. The van der Waals surface area contributed by atoms with E-state index < -0.39 is 10.0 Å². The largest absolute Gasteiger partial charge is 0.352 e. The second-order valence-electron chi connectivity index (χ2n) is 9.69. The number of pyridine rings is 2. The zero-order valence-corrected chi connectivity index (χ0v) is 22.7. The van der Waals surface area contributed by atoms with E-state index in [1.807, 2.05) is 36.4 Å². The molecule has 2 aromatic heterocycles. The van der Waals surface area contributed by atoms with E-state index in [1.54, 1.807) is 41.0 Å². The fourth-order valence-electron chi connectivity index (χ4n) is 4.66. The average Bonchev–Trinajstić information content (AvgIpc) is 2.94. The highest BCUT2D eigenvalue weighted by molar-refractivity contribution is 7.89. The van der Waals surface area contributed by atoms with Crippen LogP contribution in [0.25, 0.3) is 22.2 Å². The van der Waals surface area contributed by atoms with Crippen LogP contribution in [0.1, 0.15) is 35.7 Å². The Bertz CT molecular complexity index is 1550.